The average molecular weight is 289 g/mol. The van der Waals surface area contributed by atoms with Crippen molar-refractivity contribution >= 4 is 0 Å². The Bertz CT molecular complexity index is 618. The van der Waals surface area contributed by atoms with Crippen LogP contribution in [0.1, 0.15) is 48.1 Å². The van der Waals surface area contributed by atoms with Gasteiger partial charge in [-0.05, 0) is 42.0 Å². The number of halogens is 2. The minimum Gasteiger partial charge on any atom is -0.324 e. The van der Waals surface area contributed by atoms with Crippen LogP contribution in [0.2, 0.25) is 0 Å². The zero-order chi connectivity index (χ0) is 15.6. The maximum Gasteiger partial charge on any atom is 0.130 e. The molecule has 112 valence electrons. The van der Waals surface area contributed by atoms with Gasteiger partial charge in [-0.1, -0.05) is 38.1 Å². The van der Waals surface area contributed by atoms with Gasteiger partial charge in [0.05, 0.1) is 0 Å². The summed E-state index contributed by atoms with van der Waals surface area (Å²) >= 11 is 0. The van der Waals surface area contributed by atoms with E-state index in [0.717, 1.165) is 11.6 Å². The number of hydrogen-bond donors (Lipinski definition) is 1. The van der Waals surface area contributed by atoms with Gasteiger partial charge in [0.15, 0.2) is 0 Å². The zero-order valence-electron chi connectivity index (χ0n) is 12.7. The molecule has 0 fully saturated rings. The monoisotopic (exact) mass is 289 g/mol. The summed E-state index contributed by atoms with van der Waals surface area (Å²) < 4.78 is 27.1. The van der Waals surface area contributed by atoms with Crippen molar-refractivity contribution in [1.29, 1.82) is 0 Å². The molecule has 0 heterocycles. The summed E-state index contributed by atoms with van der Waals surface area (Å²) in [5.74, 6) is -0.640. The molecule has 0 aliphatic carbocycles. The van der Waals surface area contributed by atoms with Crippen LogP contribution in [-0.4, -0.2) is 0 Å². The molecule has 0 aliphatic rings. The number of rotatable bonds is 4. The highest BCUT2D eigenvalue weighted by molar-refractivity contribution is 5.31. The van der Waals surface area contributed by atoms with E-state index < -0.39 is 17.7 Å². The molecule has 0 radical (unpaired) electrons. The Morgan fingerprint density at radius 3 is 2.19 bits per heavy atom. The van der Waals surface area contributed by atoms with Crippen LogP contribution in [0, 0.1) is 18.6 Å². The molecule has 0 saturated carbocycles. The van der Waals surface area contributed by atoms with Crippen molar-refractivity contribution in [3.05, 3.63) is 70.3 Å². The van der Waals surface area contributed by atoms with Gasteiger partial charge in [0.25, 0.3) is 0 Å². The molecule has 21 heavy (non-hydrogen) atoms. The van der Waals surface area contributed by atoms with E-state index in [9.17, 15) is 8.78 Å². The van der Waals surface area contributed by atoms with E-state index in [1.54, 1.807) is 6.92 Å². The summed E-state index contributed by atoms with van der Waals surface area (Å²) in [6, 6.07) is 10.1. The molecule has 2 N–H and O–H groups in total. The van der Waals surface area contributed by atoms with Crippen LogP contribution in [0.25, 0.3) is 0 Å². The third-order valence-corrected chi connectivity index (χ3v) is 3.78. The van der Waals surface area contributed by atoms with E-state index in [2.05, 4.69) is 26.0 Å². The highest BCUT2D eigenvalue weighted by atomic mass is 19.1. The Labute approximate surface area is 124 Å². The Morgan fingerprint density at radius 2 is 1.62 bits per heavy atom. The van der Waals surface area contributed by atoms with Crippen LogP contribution >= 0.6 is 0 Å². The minimum absolute atomic E-state index is 0.363. The average Bonchev–Trinajstić information content (AvgIpc) is 2.43. The second-order valence-corrected chi connectivity index (χ2v) is 5.83. The molecule has 2 aromatic carbocycles. The SMILES string of the molecule is Cc1cc(C(N)Cc2ccc(C(C)C)cc2)c(F)cc1F. The van der Waals surface area contributed by atoms with Crippen molar-refractivity contribution in [2.45, 2.75) is 39.2 Å². The highest BCUT2D eigenvalue weighted by Gasteiger charge is 2.15. The van der Waals surface area contributed by atoms with Gasteiger partial charge < -0.3 is 5.73 Å². The first-order chi connectivity index (χ1) is 9.88. The van der Waals surface area contributed by atoms with E-state index in [4.69, 9.17) is 5.73 Å². The topological polar surface area (TPSA) is 26.0 Å². The van der Waals surface area contributed by atoms with Crippen LogP contribution in [0.4, 0.5) is 8.78 Å². The molecule has 0 saturated heterocycles. The number of benzene rings is 2. The van der Waals surface area contributed by atoms with Crippen molar-refractivity contribution in [1.82, 2.24) is 0 Å². The van der Waals surface area contributed by atoms with E-state index in [0.29, 0.717) is 23.5 Å². The van der Waals surface area contributed by atoms with Gasteiger partial charge in [-0.3, -0.25) is 0 Å². The lowest BCUT2D eigenvalue weighted by Crippen LogP contribution is -2.15. The van der Waals surface area contributed by atoms with Gasteiger partial charge >= 0.3 is 0 Å². The van der Waals surface area contributed by atoms with Crippen LogP contribution in [-0.2, 0) is 6.42 Å². The predicted octanol–water partition coefficient (Wildman–Crippen LogP) is 4.64. The molecule has 0 amide bonds. The number of hydrogen-bond acceptors (Lipinski definition) is 1. The van der Waals surface area contributed by atoms with Crippen LogP contribution in [0.15, 0.2) is 36.4 Å². The Kier molecular flexibility index (Phi) is 4.73. The van der Waals surface area contributed by atoms with Crippen molar-refractivity contribution < 1.29 is 8.78 Å². The molecular weight excluding hydrogens is 268 g/mol. The summed E-state index contributed by atoms with van der Waals surface area (Å²) in [5.41, 5.74) is 9.17. The maximum atomic E-state index is 13.8. The molecule has 1 atom stereocenters. The summed E-state index contributed by atoms with van der Waals surface area (Å²) in [4.78, 5) is 0. The van der Waals surface area contributed by atoms with Gasteiger partial charge in [0.2, 0.25) is 0 Å². The second kappa shape index (κ2) is 6.35. The second-order valence-electron chi connectivity index (χ2n) is 5.83. The smallest absolute Gasteiger partial charge is 0.130 e. The van der Waals surface area contributed by atoms with Crippen molar-refractivity contribution in [2.24, 2.45) is 5.73 Å². The number of aryl methyl sites for hydroxylation is 1. The first-order valence-electron chi connectivity index (χ1n) is 7.18. The molecule has 0 aliphatic heterocycles. The van der Waals surface area contributed by atoms with Crippen LogP contribution in [0.5, 0.6) is 0 Å². The minimum atomic E-state index is -0.579. The lowest BCUT2D eigenvalue weighted by molar-refractivity contribution is 0.550. The van der Waals surface area contributed by atoms with E-state index >= 15 is 0 Å². The molecular formula is C18H21F2N. The molecule has 3 heteroatoms. The van der Waals surface area contributed by atoms with E-state index in [1.807, 2.05) is 12.1 Å². The van der Waals surface area contributed by atoms with Gasteiger partial charge in [-0.25, -0.2) is 8.78 Å². The van der Waals surface area contributed by atoms with E-state index in [1.165, 1.54) is 11.6 Å². The molecule has 0 spiro atoms. The first-order valence-corrected chi connectivity index (χ1v) is 7.18. The molecule has 0 bridgehead atoms. The van der Waals surface area contributed by atoms with E-state index in [-0.39, 0.29) is 0 Å². The summed E-state index contributed by atoms with van der Waals surface area (Å²) in [6.07, 6.45) is 0.528. The van der Waals surface area contributed by atoms with Crippen molar-refractivity contribution in [3.63, 3.8) is 0 Å². The largest absolute Gasteiger partial charge is 0.324 e. The summed E-state index contributed by atoms with van der Waals surface area (Å²) in [5, 5.41) is 0. The third kappa shape index (κ3) is 3.67. The van der Waals surface area contributed by atoms with Gasteiger partial charge in [0.1, 0.15) is 11.6 Å². The Morgan fingerprint density at radius 1 is 1.00 bits per heavy atom. The number of nitrogens with two attached hydrogens (primary N) is 1. The molecule has 0 aromatic heterocycles. The van der Waals surface area contributed by atoms with Crippen LogP contribution < -0.4 is 5.73 Å². The third-order valence-electron chi connectivity index (χ3n) is 3.78. The molecule has 1 unspecified atom stereocenters. The fourth-order valence-corrected chi connectivity index (χ4v) is 2.37. The Balaban J connectivity index is 2.17. The lowest BCUT2D eigenvalue weighted by atomic mass is 9.95. The van der Waals surface area contributed by atoms with Crippen LogP contribution in [0.3, 0.4) is 0 Å². The lowest BCUT2D eigenvalue weighted by Gasteiger charge is -2.15. The normalized spacial score (nSPS) is 12.7. The maximum absolute atomic E-state index is 13.8. The fourth-order valence-electron chi connectivity index (χ4n) is 2.37. The molecule has 2 rings (SSSR count). The van der Waals surface area contributed by atoms with Crippen molar-refractivity contribution in [3.8, 4) is 0 Å². The molecule has 1 nitrogen and oxygen atoms in total. The zero-order valence-corrected chi connectivity index (χ0v) is 12.7. The van der Waals surface area contributed by atoms with Gasteiger partial charge in [-0.15, -0.1) is 0 Å². The highest BCUT2D eigenvalue weighted by Crippen LogP contribution is 2.23. The quantitative estimate of drug-likeness (QED) is 0.872. The first kappa shape index (κ1) is 15.6. The predicted molar refractivity (Wildman–Crippen MR) is 82.3 cm³/mol. The Hall–Kier alpha value is -1.74. The fraction of sp³-hybridized carbons (Fsp3) is 0.333. The van der Waals surface area contributed by atoms with Gasteiger partial charge in [-0.2, -0.15) is 0 Å². The standard InChI is InChI=1S/C18H21F2N/c1-11(2)14-6-4-13(5-7-14)9-18(21)15-8-12(3)16(19)10-17(15)20/h4-8,10-11,18H,9,21H2,1-3H3. The van der Waals surface area contributed by atoms with Gasteiger partial charge in [0, 0.05) is 17.7 Å². The summed E-state index contributed by atoms with van der Waals surface area (Å²) in [7, 11) is 0. The summed E-state index contributed by atoms with van der Waals surface area (Å²) in [6.45, 7) is 5.89. The molecule has 2 aromatic rings. The van der Waals surface area contributed by atoms with Crippen molar-refractivity contribution in [2.75, 3.05) is 0 Å².